The van der Waals surface area contributed by atoms with Crippen LogP contribution in [0.5, 0.6) is 11.5 Å². The second-order valence-corrected chi connectivity index (χ2v) is 16.2. The zero-order chi connectivity index (χ0) is 37.4. The van der Waals surface area contributed by atoms with Gasteiger partial charge in [0.15, 0.2) is 0 Å². The van der Waals surface area contributed by atoms with Crippen LogP contribution in [0.25, 0.3) is 0 Å². The van der Waals surface area contributed by atoms with Crippen LogP contribution in [-0.2, 0) is 33.1 Å². The molecule has 10 heteroatoms. The molecule has 5 rings (SSSR count). The van der Waals surface area contributed by atoms with Gasteiger partial charge in [-0.25, -0.2) is 0 Å². The smallest absolute Gasteiger partial charge is 0.294 e. The van der Waals surface area contributed by atoms with Crippen molar-refractivity contribution < 1.29 is 35.4 Å². The lowest BCUT2D eigenvalue weighted by Crippen LogP contribution is -2.14. The maximum atomic E-state index is 12.9. The number of hydrogen-bond donors (Lipinski definition) is 2. The lowest BCUT2D eigenvalue weighted by atomic mass is 9.82. The van der Waals surface area contributed by atoms with Gasteiger partial charge in [-0.3, -0.25) is 9.11 Å². The molecular formula is C41H44O8S2. The third-order valence-corrected chi connectivity index (χ3v) is 11.3. The maximum absolute atomic E-state index is 12.9. The van der Waals surface area contributed by atoms with E-state index in [0.29, 0.717) is 35.5 Å². The Morgan fingerprint density at radius 3 is 1.27 bits per heavy atom. The van der Waals surface area contributed by atoms with Crippen LogP contribution in [0, 0.1) is 41.5 Å². The van der Waals surface area contributed by atoms with Gasteiger partial charge in [0.25, 0.3) is 20.2 Å². The van der Waals surface area contributed by atoms with Crippen molar-refractivity contribution in [2.24, 2.45) is 0 Å². The first-order chi connectivity index (χ1) is 23.9. The molecular weight excluding hydrogens is 685 g/mol. The van der Waals surface area contributed by atoms with Gasteiger partial charge in [0.05, 0.1) is 24.0 Å². The van der Waals surface area contributed by atoms with Crippen molar-refractivity contribution in [1.29, 1.82) is 0 Å². The fraction of sp³-hybridized carbons (Fsp3) is 0.268. The Kier molecular flexibility index (Phi) is 10.8. The molecule has 268 valence electrons. The highest BCUT2D eigenvalue weighted by molar-refractivity contribution is 7.86. The van der Waals surface area contributed by atoms with Gasteiger partial charge in [-0.05, 0) is 129 Å². The van der Waals surface area contributed by atoms with E-state index in [-0.39, 0.29) is 5.56 Å². The molecule has 5 aromatic carbocycles. The molecule has 0 saturated heterocycles. The van der Waals surface area contributed by atoms with Crippen molar-refractivity contribution in [3.05, 3.63) is 151 Å². The lowest BCUT2D eigenvalue weighted by Gasteiger charge is -2.26. The normalized spacial score (nSPS) is 12.0. The fourth-order valence-corrected chi connectivity index (χ4v) is 8.57. The van der Waals surface area contributed by atoms with Crippen molar-refractivity contribution in [2.45, 2.75) is 70.1 Å². The summed E-state index contributed by atoms with van der Waals surface area (Å²) in [4.78, 5) is -1.34. The topological polar surface area (TPSA) is 127 Å². The molecule has 0 fully saturated rings. The van der Waals surface area contributed by atoms with Crippen LogP contribution in [0.2, 0.25) is 0 Å². The van der Waals surface area contributed by atoms with Crippen molar-refractivity contribution in [3.63, 3.8) is 0 Å². The molecule has 0 heterocycles. The number of aryl methyl sites for hydroxylation is 6. The Balaban J connectivity index is 1.73. The molecule has 2 N–H and O–H groups in total. The second-order valence-electron chi connectivity index (χ2n) is 13.3. The largest absolute Gasteiger partial charge is 0.496 e. The summed E-state index contributed by atoms with van der Waals surface area (Å²) < 4.78 is 82.1. The standard InChI is InChI=1S/C41H44O8S2/c1-24-15-26(3)36(27(4)16-24)19-30-9-12-33(38(21-30)48-7)41(35-14-11-32(50(42,43)44)23-40(35)51(45,46)47)34-13-10-31(22-39(34)49-8)20-37-28(5)17-25(2)18-29(37)6/h9-18,21-23,41H,19-20H2,1-8H3,(H,42,43,44)(H,45,46,47). The summed E-state index contributed by atoms with van der Waals surface area (Å²) in [7, 11) is -6.74. The summed E-state index contributed by atoms with van der Waals surface area (Å²) >= 11 is 0. The molecule has 0 amide bonds. The molecule has 0 radical (unpaired) electrons. The molecule has 51 heavy (non-hydrogen) atoms. The van der Waals surface area contributed by atoms with Crippen molar-refractivity contribution in [2.75, 3.05) is 14.2 Å². The number of hydrogen-bond acceptors (Lipinski definition) is 6. The number of rotatable bonds is 11. The molecule has 0 unspecified atom stereocenters. The van der Waals surface area contributed by atoms with E-state index in [1.807, 2.05) is 36.4 Å². The minimum atomic E-state index is -5.00. The van der Waals surface area contributed by atoms with Crippen molar-refractivity contribution in [3.8, 4) is 11.5 Å². The molecule has 8 nitrogen and oxygen atoms in total. The van der Waals surface area contributed by atoms with Crippen LogP contribution in [-0.4, -0.2) is 40.2 Å². The van der Waals surface area contributed by atoms with Crippen molar-refractivity contribution in [1.82, 2.24) is 0 Å². The molecule has 0 atom stereocenters. The third-order valence-electron chi connectivity index (χ3n) is 9.53. The summed E-state index contributed by atoms with van der Waals surface area (Å²) in [5, 5.41) is 0. The van der Waals surface area contributed by atoms with E-state index in [2.05, 4.69) is 65.8 Å². The molecule has 0 bridgehead atoms. The molecule has 0 spiro atoms. The molecule has 0 saturated carbocycles. The Labute approximate surface area is 301 Å². The Morgan fingerprint density at radius 2 is 0.922 bits per heavy atom. The monoisotopic (exact) mass is 728 g/mol. The van der Waals surface area contributed by atoms with Crippen LogP contribution >= 0.6 is 0 Å². The summed E-state index contributed by atoms with van der Waals surface area (Å²) in [5.41, 5.74) is 12.5. The molecule has 0 aliphatic carbocycles. The number of ether oxygens (including phenoxy) is 2. The third kappa shape index (κ3) is 8.20. The highest BCUT2D eigenvalue weighted by Crippen LogP contribution is 2.44. The van der Waals surface area contributed by atoms with E-state index in [1.165, 1.54) is 64.8 Å². The average Bonchev–Trinajstić information content (AvgIpc) is 3.04. The highest BCUT2D eigenvalue weighted by Gasteiger charge is 2.31. The minimum Gasteiger partial charge on any atom is -0.496 e. The van der Waals surface area contributed by atoms with Gasteiger partial charge in [0.2, 0.25) is 0 Å². The van der Waals surface area contributed by atoms with Crippen LogP contribution in [0.4, 0.5) is 0 Å². The van der Waals surface area contributed by atoms with Gasteiger partial charge in [-0.2, -0.15) is 16.8 Å². The van der Waals surface area contributed by atoms with E-state index < -0.39 is 35.9 Å². The van der Waals surface area contributed by atoms with E-state index in [0.717, 1.165) is 23.3 Å². The Morgan fingerprint density at radius 1 is 0.529 bits per heavy atom. The fourth-order valence-electron chi connectivity index (χ4n) is 7.23. The summed E-state index contributed by atoms with van der Waals surface area (Å²) in [6.07, 6.45) is 1.27. The summed E-state index contributed by atoms with van der Waals surface area (Å²) in [6.45, 7) is 12.5. The number of benzene rings is 5. The second kappa shape index (κ2) is 14.6. The van der Waals surface area contributed by atoms with Crippen molar-refractivity contribution >= 4 is 20.2 Å². The lowest BCUT2D eigenvalue weighted by molar-refractivity contribution is 0.401. The zero-order valence-electron chi connectivity index (χ0n) is 30.2. The first kappa shape index (κ1) is 37.8. The predicted octanol–water partition coefficient (Wildman–Crippen LogP) is 8.41. The van der Waals surface area contributed by atoms with E-state index in [1.54, 1.807) is 0 Å². The van der Waals surface area contributed by atoms with Crippen LogP contribution in [0.1, 0.15) is 78.2 Å². The van der Waals surface area contributed by atoms with Gasteiger partial charge in [0, 0.05) is 17.0 Å². The van der Waals surface area contributed by atoms with E-state index in [4.69, 9.17) is 9.47 Å². The summed E-state index contributed by atoms with van der Waals surface area (Å²) in [5.74, 6) is -0.00902. The van der Waals surface area contributed by atoms with Gasteiger partial charge in [-0.1, -0.05) is 65.7 Å². The quantitative estimate of drug-likeness (QED) is 0.103. The van der Waals surface area contributed by atoms with Gasteiger partial charge >= 0.3 is 0 Å². The van der Waals surface area contributed by atoms with Gasteiger partial charge in [-0.15, -0.1) is 0 Å². The molecule has 0 aliphatic rings. The first-order valence-corrected chi connectivity index (χ1v) is 19.3. The average molecular weight is 729 g/mol. The van der Waals surface area contributed by atoms with Crippen LogP contribution in [0.15, 0.2) is 88.7 Å². The highest BCUT2D eigenvalue weighted by atomic mass is 32.2. The first-order valence-electron chi connectivity index (χ1n) is 16.5. The van der Waals surface area contributed by atoms with Crippen LogP contribution < -0.4 is 9.47 Å². The zero-order valence-corrected chi connectivity index (χ0v) is 31.8. The maximum Gasteiger partial charge on any atom is 0.294 e. The van der Waals surface area contributed by atoms with Gasteiger partial charge < -0.3 is 9.47 Å². The Hall–Kier alpha value is -4.48. The van der Waals surface area contributed by atoms with Gasteiger partial charge in [0.1, 0.15) is 11.5 Å². The Bertz CT molecular complexity index is 2200. The van der Waals surface area contributed by atoms with E-state index in [9.17, 15) is 25.9 Å². The molecule has 0 aromatic heterocycles. The van der Waals surface area contributed by atoms with Crippen LogP contribution in [0.3, 0.4) is 0 Å². The SMILES string of the molecule is COc1cc(Cc2c(C)cc(C)cc2C)ccc1C(c1ccc(Cc2c(C)cc(C)cc2C)cc1OC)c1ccc(S(=O)(=O)O)cc1S(=O)(=O)O. The van der Waals surface area contributed by atoms with E-state index >= 15 is 0 Å². The summed E-state index contributed by atoms with van der Waals surface area (Å²) in [6, 6.07) is 23.2. The molecule has 0 aliphatic heterocycles. The predicted molar refractivity (Wildman–Crippen MR) is 200 cm³/mol. The molecule has 5 aromatic rings. The number of methoxy groups -OCH3 is 2. The minimum absolute atomic E-state index is 0.0671.